The quantitative estimate of drug-likeness (QED) is 0.212. The van der Waals surface area contributed by atoms with E-state index in [1.54, 1.807) is 0 Å². The lowest BCUT2D eigenvalue weighted by molar-refractivity contribution is -0.151. The molecule has 160 valence electrons. The minimum Gasteiger partial charge on any atom is -0.477 e. The number of benzene rings is 1. The Kier molecular flexibility index (Phi) is 7.08. The Morgan fingerprint density at radius 2 is 1.97 bits per heavy atom. The second-order valence-electron chi connectivity index (χ2n) is 6.59. The highest BCUT2D eigenvalue weighted by molar-refractivity contribution is 8.00. The zero-order chi connectivity index (χ0) is 21.7. The second kappa shape index (κ2) is 9.74. The van der Waals surface area contributed by atoms with Crippen molar-refractivity contribution in [3.63, 3.8) is 0 Å². The molecule has 0 aliphatic carbocycles. The molecule has 10 nitrogen and oxygen atoms in total. The van der Waals surface area contributed by atoms with Crippen LogP contribution in [0, 0.1) is 0 Å². The van der Waals surface area contributed by atoms with Crippen LogP contribution in [0.1, 0.15) is 12.5 Å². The van der Waals surface area contributed by atoms with E-state index >= 15 is 0 Å². The van der Waals surface area contributed by atoms with Gasteiger partial charge in [0.2, 0.25) is 5.91 Å². The molecular weight excluding hydrogens is 414 g/mol. The number of carbonyl (C=O) groups is 4. The lowest BCUT2D eigenvalue weighted by Crippen LogP contribution is -2.71. The number of ether oxygens (including phenoxy) is 1. The Morgan fingerprint density at radius 3 is 2.63 bits per heavy atom. The molecule has 2 aliphatic heterocycles. The molecule has 0 unspecified atom stereocenters. The second-order valence-corrected chi connectivity index (χ2v) is 7.69. The molecule has 1 aromatic rings. The number of hydrogen-bond donors (Lipinski definition) is 3. The van der Waals surface area contributed by atoms with E-state index in [9.17, 15) is 24.3 Å². The number of nitrogens with zero attached hydrogens (tertiary/aromatic N) is 1. The molecule has 11 heteroatoms. The molecule has 0 spiro atoms. The number of esters is 1. The van der Waals surface area contributed by atoms with Crippen LogP contribution in [-0.4, -0.2) is 64.1 Å². The number of β-lactam (4-membered cyclic amide) rings is 1. The van der Waals surface area contributed by atoms with Crippen LogP contribution in [0.5, 0.6) is 0 Å². The molecule has 0 bridgehead atoms. The van der Waals surface area contributed by atoms with Crippen LogP contribution in [0.3, 0.4) is 0 Å². The fraction of sp³-hybridized carbons (Fsp3) is 0.368. The average molecular weight is 435 g/mol. The van der Waals surface area contributed by atoms with Gasteiger partial charge in [-0.1, -0.05) is 30.3 Å². The van der Waals surface area contributed by atoms with Gasteiger partial charge in [0.15, 0.2) is 0 Å². The number of amides is 2. The molecular formula is C19H21N3O7S. The average Bonchev–Trinajstić information content (AvgIpc) is 2.73. The Labute approximate surface area is 176 Å². The molecule has 1 fully saturated rings. The topological polar surface area (TPSA) is 134 Å². The number of carbonyl (C=O) groups excluding carboxylic acids is 3. The van der Waals surface area contributed by atoms with Crippen LogP contribution in [-0.2, 0) is 35.4 Å². The first-order chi connectivity index (χ1) is 14.4. The molecule has 3 rings (SSSR count). The third-order valence-corrected chi connectivity index (χ3v) is 5.77. The number of carboxylic acids is 1. The zero-order valence-corrected chi connectivity index (χ0v) is 16.9. The van der Waals surface area contributed by atoms with E-state index in [4.69, 9.17) is 9.57 Å². The minimum atomic E-state index is -1.28. The normalized spacial score (nSPS) is 20.3. The Bertz CT molecular complexity index is 874. The van der Waals surface area contributed by atoms with Crippen LogP contribution in [0.25, 0.3) is 0 Å². The van der Waals surface area contributed by atoms with Gasteiger partial charge in [0.05, 0.1) is 13.2 Å². The Morgan fingerprint density at radius 1 is 1.23 bits per heavy atom. The number of hydrogen-bond acceptors (Lipinski definition) is 8. The summed E-state index contributed by atoms with van der Waals surface area (Å²) >= 11 is 1.30. The number of fused-ring (bicyclic) bond motifs is 1. The predicted octanol–water partition coefficient (Wildman–Crippen LogP) is 0.00950. The van der Waals surface area contributed by atoms with Gasteiger partial charge in [-0.15, -0.1) is 11.8 Å². The van der Waals surface area contributed by atoms with Crippen LogP contribution >= 0.6 is 11.8 Å². The number of nitrogens with one attached hydrogen (secondary N) is 2. The van der Waals surface area contributed by atoms with E-state index in [0.717, 1.165) is 10.5 Å². The number of hydroxylamine groups is 1. The lowest BCUT2D eigenvalue weighted by atomic mass is 10.0. The molecule has 0 aromatic heterocycles. The van der Waals surface area contributed by atoms with Crippen molar-refractivity contribution in [2.45, 2.75) is 24.9 Å². The highest BCUT2D eigenvalue weighted by Gasteiger charge is 2.54. The van der Waals surface area contributed by atoms with Crippen LogP contribution < -0.4 is 10.8 Å². The van der Waals surface area contributed by atoms with Crippen molar-refractivity contribution in [1.82, 2.24) is 15.7 Å². The van der Waals surface area contributed by atoms with Gasteiger partial charge in [-0.3, -0.25) is 24.1 Å². The zero-order valence-electron chi connectivity index (χ0n) is 16.1. The highest BCUT2D eigenvalue weighted by atomic mass is 32.2. The number of carboxylic acid groups (broad SMARTS) is 1. The van der Waals surface area contributed by atoms with E-state index in [1.807, 2.05) is 30.3 Å². The molecule has 2 heterocycles. The van der Waals surface area contributed by atoms with Gasteiger partial charge in [-0.2, -0.15) is 5.48 Å². The summed E-state index contributed by atoms with van der Waals surface area (Å²) in [4.78, 5) is 53.6. The Hall–Kier alpha value is -2.89. The van der Waals surface area contributed by atoms with Gasteiger partial charge in [-0.05, 0) is 5.56 Å². The van der Waals surface area contributed by atoms with Gasteiger partial charge in [-0.25, -0.2) is 4.79 Å². The summed E-state index contributed by atoms with van der Waals surface area (Å²) in [5, 5.41) is 11.6. The standard InChI is InChI=1S/C19H21N3O7S/c1-11(23)28-9-13-10-30-18-15(17(25)22(18)16(13)19(26)27)21-14(24)7-20-29-8-12-5-3-2-4-6-12/h2-6,15,18,20H,7-10H2,1H3,(H,21,24)(H,26,27)/t15-,18-/m1/s1. The van der Waals surface area contributed by atoms with Crippen molar-refractivity contribution >= 4 is 35.5 Å². The molecule has 2 amide bonds. The summed E-state index contributed by atoms with van der Waals surface area (Å²) in [6, 6.07) is 8.57. The SMILES string of the molecule is CC(=O)OCC1=C(C(=O)O)N2C(=O)[C@@H](NC(=O)CNOCc3ccccc3)[C@H]2SC1. The van der Waals surface area contributed by atoms with Crippen LogP contribution in [0.2, 0.25) is 0 Å². The smallest absolute Gasteiger partial charge is 0.352 e. The first-order valence-electron chi connectivity index (χ1n) is 9.09. The fourth-order valence-corrected chi connectivity index (χ4v) is 4.36. The van der Waals surface area contributed by atoms with E-state index in [2.05, 4.69) is 10.8 Å². The van der Waals surface area contributed by atoms with E-state index in [0.29, 0.717) is 5.57 Å². The largest absolute Gasteiger partial charge is 0.477 e. The summed E-state index contributed by atoms with van der Waals surface area (Å²) in [6.45, 7) is 1.14. The maximum absolute atomic E-state index is 12.5. The van der Waals surface area contributed by atoms with Crippen molar-refractivity contribution in [3.05, 3.63) is 47.2 Å². The monoisotopic (exact) mass is 435 g/mol. The number of aliphatic carboxylic acids is 1. The third kappa shape index (κ3) is 4.99. The molecule has 1 saturated heterocycles. The lowest BCUT2D eigenvalue weighted by Gasteiger charge is -2.49. The van der Waals surface area contributed by atoms with Crippen LogP contribution in [0.15, 0.2) is 41.6 Å². The van der Waals surface area contributed by atoms with E-state index in [1.165, 1.54) is 18.7 Å². The third-order valence-electron chi connectivity index (χ3n) is 4.43. The fourth-order valence-electron chi connectivity index (χ4n) is 3.03. The minimum absolute atomic E-state index is 0.159. The van der Waals surface area contributed by atoms with Gasteiger partial charge in [0, 0.05) is 18.2 Å². The maximum Gasteiger partial charge on any atom is 0.352 e. The molecule has 2 aliphatic rings. The first kappa shape index (κ1) is 21.8. The molecule has 0 saturated carbocycles. The number of rotatable bonds is 9. The molecule has 30 heavy (non-hydrogen) atoms. The van der Waals surface area contributed by atoms with Crippen molar-refractivity contribution in [2.24, 2.45) is 0 Å². The predicted molar refractivity (Wildman–Crippen MR) is 106 cm³/mol. The summed E-state index contributed by atoms with van der Waals surface area (Å²) < 4.78 is 4.88. The van der Waals surface area contributed by atoms with E-state index < -0.39 is 35.2 Å². The summed E-state index contributed by atoms with van der Waals surface area (Å²) in [6.07, 6.45) is 0. The molecule has 0 radical (unpaired) electrons. The van der Waals surface area contributed by atoms with Gasteiger partial charge in [0.1, 0.15) is 23.7 Å². The first-order valence-corrected chi connectivity index (χ1v) is 10.1. The van der Waals surface area contributed by atoms with Gasteiger partial charge in [0.25, 0.3) is 5.91 Å². The highest BCUT2D eigenvalue weighted by Crippen LogP contribution is 2.40. The molecule has 3 N–H and O–H groups in total. The Balaban J connectivity index is 1.51. The summed E-state index contributed by atoms with van der Waals surface area (Å²) in [5.41, 5.74) is 3.62. The van der Waals surface area contributed by atoms with Crippen molar-refractivity contribution in [1.29, 1.82) is 0 Å². The summed E-state index contributed by atoms with van der Waals surface area (Å²) in [5.74, 6) is -2.52. The van der Waals surface area contributed by atoms with Gasteiger partial charge < -0.3 is 15.2 Å². The van der Waals surface area contributed by atoms with Crippen molar-refractivity contribution in [2.75, 3.05) is 18.9 Å². The van der Waals surface area contributed by atoms with Crippen molar-refractivity contribution < 1.29 is 33.9 Å². The van der Waals surface area contributed by atoms with Crippen LogP contribution in [0.4, 0.5) is 0 Å². The molecule has 2 atom stereocenters. The number of thioether (sulfide) groups is 1. The molecule has 1 aromatic carbocycles. The summed E-state index contributed by atoms with van der Waals surface area (Å²) in [7, 11) is 0. The van der Waals surface area contributed by atoms with Crippen molar-refractivity contribution in [3.8, 4) is 0 Å². The maximum atomic E-state index is 12.5. The van der Waals surface area contributed by atoms with Gasteiger partial charge >= 0.3 is 11.9 Å². The van der Waals surface area contributed by atoms with E-state index in [-0.39, 0.29) is 31.2 Å².